The molecule has 0 bridgehead atoms. The molecule has 0 spiro atoms. The van der Waals surface area contributed by atoms with Crippen LogP contribution in [0.4, 0.5) is 4.79 Å². The Morgan fingerprint density at radius 2 is 2.05 bits per heavy atom. The maximum absolute atomic E-state index is 12.0. The van der Waals surface area contributed by atoms with Crippen molar-refractivity contribution in [2.45, 2.75) is 64.0 Å². The molecule has 0 aromatic heterocycles. The summed E-state index contributed by atoms with van der Waals surface area (Å²) in [5.74, 6) is 2.06. The first-order valence-electron chi connectivity index (χ1n) is 7.19. The summed E-state index contributed by atoms with van der Waals surface area (Å²) in [7, 11) is 0. The van der Waals surface area contributed by atoms with Gasteiger partial charge in [-0.15, -0.1) is 12.3 Å². The lowest BCUT2D eigenvalue weighted by atomic mass is 9.77. The third-order valence-corrected chi connectivity index (χ3v) is 4.08. The molecule has 1 rings (SSSR count). The van der Waals surface area contributed by atoms with Crippen molar-refractivity contribution in [2.24, 2.45) is 5.92 Å². The van der Waals surface area contributed by atoms with Gasteiger partial charge in [-0.2, -0.15) is 0 Å². The SMILES string of the molecule is C#CCC(CC)NC(=O)NC1(C(=O)O)CCC(C)CC1. The van der Waals surface area contributed by atoms with Crippen LogP contribution in [0.25, 0.3) is 0 Å². The smallest absolute Gasteiger partial charge is 0.329 e. The van der Waals surface area contributed by atoms with Gasteiger partial charge in [0.15, 0.2) is 0 Å². The van der Waals surface area contributed by atoms with Crippen LogP contribution in [0.1, 0.15) is 52.4 Å². The Hall–Kier alpha value is -1.70. The third kappa shape index (κ3) is 4.16. The number of terminal acetylenes is 1. The molecule has 0 radical (unpaired) electrons. The summed E-state index contributed by atoms with van der Waals surface area (Å²) in [6, 6.07) is -0.558. The number of carboxylic acids is 1. The van der Waals surface area contributed by atoms with Gasteiger partial charge in [-0.05, 0) is 38.0 Å². The minimum Gasteiger partial charge on any atom is -0.480 e. The summed E-state index contributed by atoms with van der Waals surface area (Å²) in [6.07, 6.45) is 8.98. The predicted octanol–water partition coefficient (Wildman–Crippen LogP) is 2.12. The first kappa shape index (κ1) is 16.4. The fraction of sp³-hybridized carbons (Fsp3) is 0.733. The standard InChI is InChI=1S/C15H24N2O3/c1-4-6-12(5-2)16-14(20)17-15(13(18)19)9-7-11(3)8-10-15/h1,11-12H,5-10H2,2-3H3,(H,18,19)(H2,16,17,20). The summed E-state index contributed by atoms with van der Waals surface area (Å²) in [4.78, 5) is 23.5. The molecule has 0 aromatic rings. The van der Waals surface area contributed by atoms with E-state index in [1.807, 2.05) is 6.92 Å². The number of urea groups is 1. The van der Waals surface area contributed by atoms with Crippen molar-refractivity contribution in [3.8, 4) is 12.3 Å². The summed E-state index contributed by atoms with van der Waals surface area (Å²) >= 11 is 0. The molecule has 1 atom stereocenters. The average molecular weight is 280 g/mol. The first-order chi connectivity index (χ1) is 9.43. The van der Waals surface area contributed by atoms with Gasteiger partial charge in [0, 0.05) is 12.5 Å². The summed E-state index contributed by atoms with van der Waals surface area (Å²) < 4.78 is 0. The third-order valence-electron chi connectivity index (χ3n) is 4.08. The van der Waals surface area contributed by atoms with E-state index in [9.17, 15) is 14.7 Å². The maximum atomic E-state index is 12.0. The van der Waals surface area contributed by atoms with Crippen molar-refractivity contribution >= 4 is 12.0 Å². The van der Waals surface area contributed by atoms with Gasteiger partial charge in [0.25, 0.3) is 0 Å². The Morgan fingerprint density at radius 1 is 1.45 bits per heavy atom. The van der Waals surface area contributed by atoms with Gasteiger partial charge in [0.2, 0.25) is 0 Å². The van der Waals surface area contributed by atoms with Crippen LogP contribution in [0.3, 0.4) is 0 Å². The molecule has 0 heterocycles. The van der Waals surface area contributed by atoms with Crippen LogP contribution in [-0.2, 0) is 4.79 Å². The lowest BCUT2D eigenvalue weighted by Gasteiger charge is -2.36. The van der Waals surface area contributed by atoms with Gasteiger partial charge in [-0.1, -0.05) is 13.8 Å². The van der Waals surface area contributed by atoms with E-state index in [-0.39, 0.29) is 6.04 Å². The van der Waals surface area contributed by atoms with Crippen molar-refractivity contribution in [3.63, 3.8) is 0 Å². The highest BCUT2D eigenvalue weighted by Crippen LogP contribution is 2.32. The van der Waals surface area contributed by atoms with Crippen LogP contribution in [0, 0.1) is 18.3 Å². The summed E-state index contributed by atoms with van der Waals surface area (Å²) in [5.41, 5.74) is -1.13. The Labute approximate surface area is 120 Å². The van der Waals surface area contributed by atoms with Crippen LogP contribution in [0.2, 0.25) is 0 Å². The molecule has 0 aliphatic heterocycles. The minimum atomic E-state index is -1.13. The van der Waals surface area contributed by atoms with Gasteiger partial charge in [-0.3, -0.25) is 0 Å². The Balaban J connectivity index is 2.65. The molecular formula is C15H24N2O3. The van der Waals surface area contributed by atoms with Crippen molar-refractivity contribution in [1.82, 2.24) is 10.6 Å². The van der Waals surface area contributed by atoms with E-state index in [0.29, 0.717) is 31.6 Å². The van der Waals surface area contributed by atoms with Crippen molar-refractivity contribution < 1.29 is 14.7 Å². The lowest BCUT2D eigenvalue weighted by Crippen LogP contribution is -2.59. The van der Waals surface area contributed by atoms with Crippen molar-refractivity contribution in [3.05, 3.63) is 0 Å². The van der Waals surface area contributed by atoms with Gasteiger partial charge >= 0.3 is 12.0 Å². The molecule has 1 fully saturated rings. The van der Waals surface area contributed by atoms with Crippen LogP contribution in [0.5, 0.6) is 0 Å². The van der Waals surface area contributed by atoms with E-state index >= 15 is 0 Å². The van der Waals surface area contributed by atoms with E-state index in [1.54, 1.807) is 0 Å². The molecule has 1 unspecified atom stereocenters. The fourth-order valence-electron chi connectivity index (χ4n) is 2.53. The highest BCUT2D eigenvalue weighted by Gasteiger charge is 2.42. The fourth-order valence-corrected chi connectivity index (χ4v) is 2.53. The molecule has 2 amide bonds. The number of amides is 2. The maximum Gasteiger partial charge on any atom is 0.329 e. The second-order valence-corrected chi connectivity index (χ2v) is 5.68. The number of nitrogens with one attached hydrogen (secondary N) is 2. The predicted molar refractivity (Wildman–Crippen MR) is 77.2 cm³/mol. The molecular weight excluding hydrogens is 256 g/mol. The number of carboxylic acid groups (broad SMARTS) is 1. The first-order valence-corrected chi connectivity index (χ1v) is 7.19. The van der Waals surface area contributed by atoms with E-state index in [2.05, 4.69) is 23.5 Å². The molecule has 1 saturated carbocycles. The van der Waals surface area contributed by atoms with Crippen LogP contribution in [0.15, 0.2) is 0 Å². The number of carbonyl (C=O) groups is 2. The number of aliphatic carboxylic acids is 1. The largest absolute Gasteiger partial charge is 0.480 e. The molecule has 20 heavy (non-hydrogen) atoms. The molecule has 112 valence electrons. The van der Waals surface area contributed by atoms with Crippen LogP contribution < -0.4 is 10.6 Å². The van der Waals surface area contributed by atoms with E-state index in [4.69, 9.17) is 6.42 Å². The zero-order chi connectivity index (χ0) is 15.2. The number of carbonyl (C=O) groups excluding carboxylic acids is 1. The molecule has 1 aliphatic carbocycles. The summed E-state index contributed by atoms with van der Waals surface area (Å²) in [6.45, 7) is 4.03. The molecule has 5 heteroatoms. The van der Waals surface area contributed by atoms with Gasteiger partial charge < -0.3 is 15.7 Å². The highest BCUT2D eigenvalue weighted by atomic mass is 16.4. The topological polar surface area (TPSA) is 78.4 Å². The van der Waals surface area contributed by atoms with Gasteiger partial charge in [0.1, 0.15) is 5.54 Å². The van der Waals surface area contributed by atoms with Gasteiger partial charge in [-0.25, -0.2) is 9.59 Å². The summed E-state index contributed by atoms with van der Waals surface area (Å²) in [5, 5.41) is 14.9. The quantitative estimate of drug-likeness (QED) is 0.675. The van der Waals surface area contributed by atoms with E-state index in [0.717, 1.165) is 12.8 Å². The molecule has 0 saturated heterocycles. The molecule has 0 aromatic carbocycles. The molecule has 3 N–H and O–H groups in total. The zero-order valence-electron chi connectivity index (χ0n) is 12.2. The number of rotatable bonds is 5. The Kier molecular flexibility index (Phi) is 5.87. The van der Waals surface area contributed by atoms with Gasteiger partial charge in [0.05, 0.1) is 0 Å². The monoisotopic (exact) mass is 280 g/mol. The Morgan fingerprint density at radius 3 is 2.50 bits per heavy atom. The average Bonchev–Trinajstić information content (AvgIpc) is 2.40. The molecule has 1 aliphatic rings. The lowest BCUT2D eigenvalue weighted by molar-refractivity contribution is -0.146. The number of hydrogen-bond donors (Lipinski definition) is 3. The van der Waals surface area contributed by atoms with E-state index in [1.165, 1.54) is 0 Å². The van der Waals surface area contributed by atoms with Crippen LogP contribution >= 0.6 is 0 Å². The second kappa shape index (κ2) is 7.18. The second-order valence-electron chi connectivity index (χ2n) is 5.68. The Bertz CT molecular complexity index is 392. The minimum absolute atomic E-state index is 0.117. The van der Waals surface area contributed by atoms with Crippen LogP contribution in [-0.4, -0.2) is 28.7 Å². The number of hydrogen-bond acceptors (Lipinski definition) is 2. The van der Waals surface area contributed by atoms with Crippen molar-refractivity contribution in [2.75, 3.05) is 0 Å². The zero-order valence-corrected chi connectivity index (χ0v) is 12.2. The van der Waals surface area contributed by atoms with Crippen molar-refractivity contribution in [1.29, 1.82) is 0 Å². The van der Waals surface area contributed by atoms with E-state index < -0.39 is 17.5 Å². The normalized spacial score (nSPS) is 27.1. The highest BCUT2D eigenvalue weighted by molar-refractivity contribution is 5.86. The molecule has 5 nitrogen and oxygen atoms in total.